The number of nitrogens with zero attached hydrogens (tertiary/aromatic N) is 1. The molecule has 2 aliphatic heterocycles. The molecular weight excluding hydrogens is 490 g/mol. The van der Waals surface area contributed by atoms with Gasteiger partial charge >= 0.3 is 0 Å². The van der Waals surface area contributed by atoms with Crippen LogP contribution in [0.25, 0.3) is 0 Å². The third kappa shape index (κ3) is 5.49. The number of ether oxygens (including phenoxy) is 1. The number of rotatable bonds is 8. The molecule has 0 unspecified atom stereocenters. The maximum absolute atomic E-state index is 13.2. The van der Waals surface area contributed by atoms with Crippen molar-refractivity contribution in [3.05, 3.63) is 99.1 Å². The fourth-order valence-electron chi connectivity index (χ4n) is 5.02. The minimum Gasteiger partial charge on any atom is -0.493 e. The van der Waals surface area contributed by atoms with Gasteiger partial charge in [-0.25, -0.2) is 0 Å². The van der Waals surface area contributed by atoms with Gasteiger partial charge in [0.15, 0.2) is 0 Å². The monoisotopic (exact) mass is 519 g/mol. The maximum Gasteiger partial charge on any atom is 0.255 e. The number of hydrogen-bond acceptors (Lipinski definition) is 5. The summed E-state index contributed by atoms with van der Waals surface area (Å²) in [6, 6.07) is 18.8. The fraction of sp³-hybridized carbons (Fsp3) is 0.310. The molecule has 0 spiro atoms. The van der Waals surface area contributed by atoms with Crippen LogP contribution in [0.1, 0.15) is 49.9 Å². The maximum atomic E-state index is 13.2. The van der Waals surface area contributed by atoms with Crippen molar-refractivity contribution in [2.45, 2.75) is 45.1 Å². The molecule has 0 aliphatic carbocycles. The molecule has 37 heavy (non-hydrogen) atoms. The van der Waals surface area contributed by atoms with E-state index in [0.717, 1.165) is 11.1 Å². The molecule has 2 heterocycles. The lowest BCUT2D eigenvalue weighted by atomic mass is 9.93. The van der Waals surface area contributed by atoms with Crippen molar-refractivity contribution in [1.29, 1.82) is 0 Å². The van der Waals surface area contributed by atoms with Gasteiger partial charge in [-0.3, -0.25) is 9.59 Å². The Kier molecular flexibility index (Phi) is 7.46. The summed E-state index contributed by atoms with van der Waals surface area (Å²) in [5, 5.41) is 17.6. The SMILES string of the molecule is CCOc1cc2c(cc1C(=O)NC[C@@H](O)[C@@H]1Cc3ccccc3CN1)CN(Cc1cccc(Cl)c1)C2=O. The number of hydrogen-bond donors (Lipinski definition) is 3. The van der Waals surface area contributed by atoms with Crippen molar-refractivity contribution in [3.8, 4) is 5.75 Å². The van der Waals surface area contributed by atoms with Crippen molar-refractivity contribution in [3.63, 3.8) is 0 Å². The van der Waals surface area contributed by atoms with Gasteiger partial charge in [-0.1, -0.05) is 48.0 Å². The van der Waals surface area contributed by atoms with E-state index in [1.54, 1.807) is 23.1 Å². The summed E-state index contributed by atoms with van der Waals surface area (Å²) in [5.74, 6) is -0.0971. The average Bonchev–Trinajstić information content (AvgIpc) is 3.20. The number of amides is 2. The summed E-state index contributed by atoms with van der Waals surface area (Å²) >= 11 is 6.10. The standard InChI is InChI=1S/C29H30ClN3O4/c1-2-37-27-13-23-21(17-33(29(23)36)16-18-6-5-9-22(30)10-18)11-24(27)28(35)32-15-26(34)25-12-19-7-3-4-8-20(19)14-31-25/h3-11,13,25-26,31,34H,2,12,14-17H2,1H3,(H,32,35)/t25-,26+/m0/s1. The van der Waals surface area contributed by atoms with Crippen LogP contribution in [-0.2, 0) is 26.1 Å². The molecule has 0 radical (unpaired) electrons. The smallest absolute Gasteiger partial charge is 0.255 e. The molecule has 3 aromatic carbocycles. The van der Waals surface area contributed by atoms with Crippen LogP contribution in [0.15, 0.2) is 60.7 Å². The van der Waals surface area contributed by atoms with Gasteiger partial charge in [0.2, 0.25) is 0 Å². The van der Waals surface area contributed by atoms with Crippen LogP contribution < -0.4 is 15.4 Å². The third-order valence-electron chi connectivity index (χ3n) is 6.94. The first-order chi connectivity index (χ1) is 17.9. The van der Waals surface area contributed by atoms with Crippen LogP contribution in [-0.4, -0.2) is 47.1 Å². The molecule has 2 atom stereocenters. The number of aliphatic hydroxyl groups excluding tert-OH is 1. The van der Waals surface area contributed by atoms with Crippen LogP contribution in [0.3, 0.4) is 0 Å². The van der Waals surface area contributed by atoms with Crippen LogP contribution in [0.4, 0.5) is 0 Å². The molecule has 0 saturated heterocycles. The number of carbonyl (C=O) groups excluding carboxylic acids is 2. The second kappa shape index (κ2) is 10.9. The zero-order valence-electron chi connectivity index (χ0n) is 20.7. The Balaban J connectivity index is 1.27. The Labute approximate surface area is 221 Å². The molecule has 0 bridgehead atoms. The molecule has 7 nitrogen and oxygen atoms in total. The largest absolute Gasteiger partial charge is 0.493 e. The van der Waals surface area contributed by atoms with Gasteiger partial charge in [0.05, 0.1) is 18.3 Å². The lowest BCUT2D eigenvalue weighted by Gasteiger charge is -2.30. The van der Waals surface area contributed by atoms with Crippen LogP contribution in [0, 0.1) is 0 Å². The summed E-state index contributed by atoms with van der Waals surface area (Å²) in [4.78, 5) is 28.0. The molecule has 0 saturated carbocycles. The minimum absolute atomic E-state index is 0.0984. The summed E-state index contributed by atoms with van der Waals surface area (Å²) in [6.45, 7) is 3.78. The Bertz CT molecular complexity index is 1330. The van der Waals surface area contributed by atoms with E-state index in [2.05, 4.69) is 22.8 Å². The van der Waals surface area contributed by atoms with Gasteiger partial charge in [-0.2, -0.15) is 0 Å². The van der Waals surface area contributed by atoms with Crippen LogP contribution >= 0.6 is 11.6 Å². The van der Waals surface area contributed by atoms with Gasteiger partial charge in [-0.15, -0.1) is 0 Å². The van der Waals surface area contributed by atoms with Crippen LogP contribution in [0.5, 0.6) is 5.75 Å². The molecule has 192 valence electrons. The second-order valence-corrected chi connectivity index (χ2v) is 9.90. The number of nitrogens with one attached hydrogen (secondary N) is 2. The highest BCUT2D eigenvalue weighted by Gasteiger charge is 2.31. The number of benzene rings is 3. The Morgan fingerprint density at radius 1 is 1.16 bits per heavy atom. The summed E-state index contributed by atoms with van der Waals surface area (Å²) in [6.07, 6.45) is -0.0575. The second-order valence-electron chi connectivity index (χ2n) is 9.47. The van der Waals surface area contributed by atoms with E-state index in [4.69, 9.17) is 16.3 Å². The molecule has 2 amide bonds. The average molecular weight is 520 g/mol. The third-order valence-corrected chi connectivity index (χ3v) is 7.18. The number of fused-ring (bicyclic) bond motifs is 2. The molecule has 0 aromatic heterocycles. The van der Waals surface area contributed by atoms with E-state index >= 15 is 0 Å². The molecule has 8 heteroatoms. The van der Waals surface area contributed by atoms with Crippen molar-refractivity contribution >= 4 is 23.4 Å². The van der Waals surface area contributed by atoms with Crippen molar-refractivity contribution in [1.82, 2.24) is 15.5 Å². The highest BCUT2D eigenvalue weighted by Crippen LogP contribution is 2.32. The van der Waals surface area contributed by atoms with Gasteiger partial charge in [0.25, 0.3) is 11.8 Å². The Morgan fingerprint density at radius 2 is 1.97 bits per heavy atom. The first-order valence-electron chi connectivity index (χ1n) is 12.5. The zero-order valence-corrected chi connectivity index (χ0v) is 21.4. The van der Waals surface area contributed by atoms with E-state index in [-0.39, 0.29) is 24.4 Å². The van der Waals surface area contributed by atoms with E-state index < -0.39 is 6.10 Å². The van der Waals surface area contributed by atoms with E-state index in [0.29, 0.717) is 54.6 Å². The first-order valence-corrected chi connectivity index (χ1v) is 12.9. The summed E-state index contributed by atoms with van der Waals surface area (Å²) in [7, 11) is 0. The van der Waals surface area contributed by atoms with Crippen LogP contribution in [0.2, 0.25) is 5.02 Å². The van der Waals surface area contributed by atoms with Gasteiger partial charge in [0, 0.05) is 42.8 Å². The quantitative estimate of drug-likeness (QED) is 0.422. The van der Waals surface area contributed by atoms with E-state index in [1.165, 1.54) is 11.1 Å². The number of aliphatic hydroxyl groups is 1. The van der Waals surface area contributed by atoms with E-state index in [9.17, 15) is 14.7 Å². The summed E-state index contributed by atoms with van der Waals surface area (Å²) in [5.41, 5.74) is 5.03. The molecule has 3 aromatic rings. The minimum atomic E-state index is -0.753. The predicted octanol–water partition coefficient (Wildman–Crippen LogP) is 3.70. The van der Waals surface area contributed by atoms with Gasteiger partial charge in [-0.05, 0) is 59.9 Å². The van der Waals surface area contributed by atoms with Crippen molar-refractivity contribution < 1.29 is 19.4 Å². The van der Waals surface area contributed by atoms with E-state index in [1.807, 2.05) is 37.3 Å². The lowest BCUT2D eigenvalue weighted by Crippen LogP contribution is -2.49. The van der Waals surface area contributed by atoms with Gasteiger partial charge < -0.3 is 25.4 Å². The lowest BCUT2D eigenvalue weighted by molar-refractivity contribution is 0.0766. The normalized spacial score (nSPS) is 17.2. The molecule has 0 fully saturated rings. The molecule has 5 rings (SSSR count). The van der Waals surface area contributed by atoms with Gasteiger partial charge in [0.1, 0.15) is 5.75 Å². The van der Waals surface area contributed by atoms with Crippen molar-refractivity contribution in [2.75, 3.05) is 13.2 Å². The molecular formula is C29H30ClN3O4. The Hall–Kier alpha value is -3.39. The molecule has 3 N–H and O–H groups in total. The zero-order chi connectivity index (χ0) is 25.9. The highest BCUT2D eigenvalue weighted by molar-refractivity contribution is 6.30. The Morgan fingerprint density at radius 3 is 2.76 bits per heavy atom. The predicted molar refractivity (Wildman–Crippen MR) is 142 cm³/mol. The number of carbonyl (C=O) groups is 2. The number of halogens is 1. The summed E-state index contributed by atoms with van der Waals surface area (Å²) < 4.78 is 5.74. The molecule has 2 aliphatic rings. The topological polar surface area (TPSA) is 90.9 Å². The fourth-order valence-corrected chi connectivity index (χ4v) is 5.24. The first kappa shape index (κ1) is 25.3. The highest BCUT2D eigenvalue weighted by atomic mass is 35.5. The van der Waals surface area contributed by atoms with Crippen molar-refractivity contribution in [2.24, 2.45) is 0 Å².